The highest BCUT2D eigenvalue weighted by Crippen LogP contribution is 2.24. The van der Waals surface area contributed by atoms with Gasteiger partial charge in [0.25, 0.3) is 0 Å². The Morgan fingerprint density at radius 1 is 1.39 bits per heavy atom. The lowest BCUT2D eigenvalue weighted by Crippen LogP contribution is -2.33. The number of carbonyl (C=O) groups is 1. The van der Waals surface area contributed by atoms with Gasteiger partial charge in [-0.1, -0.05) is 43.7 Å². The fraction of sp³-hybridized carbons (Fsp3) is 0.533. The lowest BCUT2D eigenvalue weighted by molar-refractivity contribution is -0.127. The van der Waals surface area contributed by atoms with Crippen molar-refractivity contribution in [1.82, 2.24) is 4.90 Å². The summed E-state index contributed by atoms with van der Waals surface area (Å²) in [5, 5.41) is 0. The Balaban J connectivity index is 2.01. The lowest BCUT2D eigenvalue weighted by atomic mass is 9.99. The third-order valence-corrected chi connectivity index (χ3v) is 3.87. The van der Waals surface area contributed by atoms with Crippen LogP contribution in [0.15, 0.2) is 30.3 Å². The van der Waals surface area contributed by atoms with Crippen molar-refractivity contribution >= 4 is 5.91 Å². The SMILES string of the molecule is CCC1CC(=O)N(CC(CN)c2ccccc2)C1. The van der Waals surface area contributed by atoms with Gasteiger partial charge in [0.1, 0.15) is 0 Å². The van der Waals surface area contributed by atoms with Crippen LogP contribution in [0.1, 0.15) is 31.2 Å². The maximum atomic E-state index is 11.9. The van der Waals surface area contributed by atoms with Gasteiger partial charge in [0.15, 0.2) is 0 Å². The highest BCUT2D eigenvalue weighted by atomic mass is 16.2. The summed E-state index contributed by atoms with van der Waals surface area (Å²) in [6.07, 6.45) is 1.80. The zero-order valence-corrected chi connectivity index (χ0v) is 11.0. The van der Waals surface area contributed by atoms with Gasteiger partial charge in [0, 0.05) is 32.0 Å². The molecule has 18 heavy (non-hydrogen) atoms. The minimum Gasteiger partial charge on any atom is -0.342 e. The van der Waals surface area contributed by atoms with Crippen molar-refractivity contribution in [2.45, 2.75) is 25.7 Å². The number of likely N-dealkylation sites (tertiary alicyclic amines) is 1. The van der Waals surface area contributed by atoms with E-state index in [1.165, 1.54) is 5.56 Å². The van der Waals surface area contributed by atoms with Crippen LogP contribution in [0.5, 0.6) is 0 Å². The van der Waals surface area contributed by atoms with Crippen LogP contribution in [0, 0.1) is 5.92 Å². The molecule has 1 amide bonds. The number of nitrogens with two attached hydrogens (primary N) is 1. The minimum atomic E-state index is 0.255. The van der Waals surface area contributed by atoms with E-state index in [-0.39, 0.29) is 11.8 Å². The third kappa shape index (κ3) is 2.91. The number of benzene rings is 1. The fourth-order valence-electron chi connectivity index (χ4n) is 2.61. The van der Waals surface area contributed by atoms with E-state index in [1.807, 2.05) is 23.1 Å². The Bertz CT molecular complexity index is 391. The summed E-state index contributed by atoms with van der Waals surface area (Å²) in [5.74, 6) is 1.08. The first-order valence-electron chi connectivity index (χ1n) is 6.77. The third-order valence-electron chi connectivity index (χ3n) is 3.87. The number of carbonyl (C=O) groups excluding carboxylic acids is 1. The lowest BCUT2D eigenvalue weighted by Gasteiger charge is -2.23. The van der Waals surface area contributed by atoms with Crippen molar-refractivity contribution in [1.29, 1.82) is 0 Å². The molecule has 0 aliphatic carbocycles. The van der Waals surface area contributed by atoms with E-state index in [1.54, 1.807) is 0 Å². The standard InChI is InChI=1S/C15H22N2O/c1-2-12-8-15(18)17(10-12)11-14(9-16)13-6-4-3-5-7-13/h3-7,12,14H,2,8-11,16H2,1H3. The number of amides is 1. The van der Waals surface area contributed by atoms with Crippen molar-refractivity contribution < 1.29 is 4.79 Å². The summed E-state index contributed by atoms with van der Waals surface area (Å²) < 4.78 is 0. The van der Waals surface area contributed by atoms with Crippen LogP contribution in [0.4, 0.5) is 0 Å². The van der Waals surface area contributed by atoms with Gasteiger partial charge in [-0.05, 0) is 11.5 Å². The van der Waals surface area contributed by atoms with E-state index in [0.29, 0.717) is 18.9 Å². The van der Waals surface area contributed by atoms with Crippen molar-refractivity contribution in [3.8, 4) is 0 Å². The van der Waals surface area contributed by atoms with Crippen molar-refractivity contribution in [2.24, 2.45) is 11.7 Å². The molecule has 98 valence electrons. The summed E-state index contributed by atoms with van der Waals surface area (Å²) in [6.45, 7) is 4.40. The second-order valence-electron chi connectivity index (χ2n) is 5.12. The Morgan fingerprint density at radius 3 is 2.67 bits per heavy atom. The Morgan fingerprint density at radius 2 is 2.11 bits per heavy atom. The molecule has 1 aromatic carbocycles. The Labute approximate surface area is 109 Å². The van der Waals surface area contributed by atoms with Crippen LogP contribution in [0.25, 0.3) is 0 Å². The van der Waals surface area contributed by atoms with E-state index in [2.05, 4.69) is 19.1 Å². The molecular formula is C15H22N2O. The predicted molar refractivity (Wildman–Crippen MR) is 73.2 cm³/mol. The summed E-state index contributed by atoms with van der Waals surface area (Å²) >= 11 is 0. The highest BCUT2D eigenvalue weighted by Gasteiger charge is 2.29. The van der Waals surface area contributed by atoms with Crippen molar-refractivity contribution in [3.63, 3.8) is 0 Å². The van der Waals surface area contributed by atoms with Crippen LogP contribution in [0.3, 0.4) is 0 Å². The van der Waals surface area contributed by atoms with Crippen molar-refractivity contribution in [2.75, 3.05) is 19.6 Å². The van der Waals surface area contributed by atoms with Crippen LogP contribution >= 0.6 is 0 Å². The average molecular weight is 246 g/mol. The molecule has 1 heterocycles. The van der Waals surface area contributed by atoms with E-state index in [9.17, 15) is 4.79 Å². The van der Waals surface area contributed by atoms with Crippen LogP contribution in [0.2, 0.25) is 0 Å². The molecule has 0 spiro atoms. The quantitative estimate of drug-likeness (QED) is 0.863. The second kappa shape index (κ2) is 6.01. The maximum Gasteiger partial charge on any atom is 0.222 e. The smallest absolute Gasteiger partial charge is 0.222 e. The monoisotopic (exact) mass is 246 g/mol. The molecule has 1 saturated heterocycles. The zero-order chi connectivity index (χ0) is 13.0. The van der Waals surface area contributed by atoms with Crippen LogP contribution < -0.4 is 5.73 Å². The topological polar surface area (TPSA) is 46.3 Å². The first-order valence-corrected chi connectivity index (χ1v) is 6.77. The van der Waals surface area contributed by atoms with Gasteiger partial charge in [-0.3, -0.25) is 4.79 Å². The maximum absolute atomic E-state index is 11.9. The molecule has 3 nitrogen and oxygen atoms in total. The molecule has 2 rings (SSSR count). The molecule has 0 bridgehead atoms. The van der Waals surface area contributed by atoms with E-state index in [4.69, 9.17) is 5.73 Å². The zero-order valence-electron chi connectivity index (χ0n) is 11.0. The molecule has 1 aliphatic heterocycles. The largest absolute Gasteiger partial charge is 0.342 e. The molecular weight excluding hydrogens is 224 g/mol. The summed E-state index contributed by atoms with van der Waals surface area (Å²) in [6, 6.07) is 10.2. The molecule has 0 aromatic heterocycles. The van der Waals surface area contributed by atoms with Gasteiger partial charge in [0.2, 0.25) is 5.91 Å². The van der Waals surface area contributed by atoms with E-state index >= 15 is 0 Å². The van der Waals surface area contributed by atoms with Crippen LogP contribution in [-0.2, 0) is 4.79 Å². The average Bonchev–Trinajstić information content (AvgIpc) is 2.77. The van der Waals surface area contributed by atoms with Gasteiger partial charge < -0.3 is 10.6 Å². The van der Waals surface area contributed by atoms with Crippen molar-refractivity contribution in [3.05, 3.63) is 35.9 Å². The molecule has 3 heteroatoms. The van der Waals surface area contributed by atoms with Gasteiger partial charge in [-0.15, -0.1) is 0 Å². The predicted octanol–water partition coefficient (Wildman–Crippen LogP) is 1.99. The minimum absolute atomic E-state index is 0.255. The molecule has 1 aromatic rings. The second-order valence-corrected chi connectivity index (χ2v) is 5.12. The normalized spacial score (nSPS) is 21.3. The number of nitrogens with zero attached hydrogens (tertiary/aromatic N) is 1. The summed E-state index contributed by atoms with van der Waals surface area (Å²) in [4.78, 5) is 13.9. The molecule has 0 saturated carbocycles. The number of rotatable bonds is 5. The molecule has 2 unspecified atom stereocenters. The number of hydrogen-bond donors (Lipinski definition) is 1. The van der Waals surface area contributed by atoms with Gasteiger partial charge in [-0.25, -0.2) is 0 Å². The van der Waals surface area contributed by atoms with Crippen LogP contribution in [-0.4, -0.2) is 30.4 Å². The highest BCUT2D eigenvalue weighted by molar-refractivity contribution is 5.78. The summed E-state index contributed by atoms with van der Waals surface area (Å²) in [5.41, 5.74) is 7.09. The molecule has 2 atom stereocenters. The fourth-order valence-corrected chi connectivity index (χ4v) is 2.61. The number of hydrogen-bond acceptors (Lipinski definition) is 2. The summed E-state index contributed by atoms with van der Waals surface area (Å²) in [7, 11) is 0. The molecule has 0 radical (unpaired) electrons. The first-order chi connectivity index (χ1) is 8.74. The van der Waals surface area contributed by atoms with E-state index in [0.717, 1.165) is 19.5 Å². The Hall–Kier alpha value is -1.35. The molecule has 1 fully saturated rings. The van der Waals surface area contributed by atoms with Gasteiger partial charge >= 0.3 is 0 Å². The molecule has 1 aliphatic rings. The first kappa shape index (κ1) is 13.1. The van der Waals surface area contributed by atoms with Gasteiger partial charge in [-0.2, -0.15) is 0 Å². The molecule has 2 N–H and O–H groups in total. The Kier molecular flexibility index (Phi) is 4.37. The van der Waals surface area contributed by atoms with Gasteiger partial charge in [0.05, 0.1) is 0 Å². The van der Waals surface area contributed by atoms with E-state index < -0.39 is 0 Å².